The van der Waals surface area contributed by atoms with Crippen LogP contribution in [0.2, 0.25) is 0 Å². The summed E-state index contributed by atoms with van der Waals surface area (Å²) in [6.45, 7) is 0. The second kappa shape index (κ2) is 2.63. The molecule has 0 fully saturated rings. The van der Waals surface area contributed by atoms with Crippen LogP contribution in [-0.2, 0) is 0 Å². The second-order valence-electron chi connectivity index (χ2n) is 2.06. The fraction of sp³-hybridized carbons (Fsp3) is 0.167. The van der Waals surface area contributed by atoms with E-state index in [1.54, 1.807) is 0 Å². The molecule has 1 aliphatic heterocycles. The predicted octanol–water partition coefficient (Wildman–Crippen LogP) is -0.429. The molecule has 0 unspecified atom stereocenters. The Morgan fingerprint density at radius 3 is 2.92 bits per heavy atom. The lowest BCUT2D eigenvalue weighted by molar-refractivity contribution is 0.256. The molecule has 0 aliphatic carbocycles. The standard InChI is InChI=1S/C6H4N4OS/c1-12-5-3-4(7-2-8-5)10-6(11)9-3/h2H,1H3. The molecular weight excluding hydrogens is 176 g/mol. The summed E-state index contributed by atoms with van der Waals surface area (Å²) in [7, 11) is 0. The van der Waals surface area contributed by atoms with Crippen molar-refractivity contribution >= 4 is 17.8 Å². The molecule has 0 spiro atoms. The third kappa shape index (κ3) is 1.00. The van der Waals surface area contributed by atoms with E-state index in [1.807, 2.05) is 6.26 Å². The molecular formula is C6H4N4OS. The average Bonchev–Trinajstić information content (AvgIpc) is 2.44. The van der Waals surface area contributed by atoms with Gasteiger partial charge in [0.05, 0.1) is 0 Å². The molecule has 6 heteroatoms. The van der Waals surface area contributed by atoms with Crippen LogP contribution in [0.15, 0.2) is 21.3 Å². The van der Waals surface area contributed by atoms with Crippen LogP contribution in [0.3, 0.4) is 0 Å². The Hall–Kier alpha value is -1.30. The highest BCUT2D eigenvalue weighted by Crippen LogP contribution is 2.02. The van der Waals surface area contributed by atoms with Gasteiger partial charge in [-0.25, -0.2) is 14.8 Å². The molecule has 1 aromatic rings. The Labute approximate surface area is 71.7 Å². The predicted molar refractivity (Wildman–Crippen MR) is 41.5 cm³/mol. The van der Waals surface area contributed by atoms with Gasteiger partial charge in [-0.05, 0) is 6.26 Å². The maximum absolute atomic E-state index is 10.8. The van der Waals surface area contributed by atoms with Crippen molar-refractivity contribution in [3.05, 3.63) is 17.2 Å². The Kier molecular flexibility index (Phi) is 1.61. The fourth-order valence-corrected chi connectivity index (χ4v) is 1.38. The maximum Gasteiger partial charge on any atom is 0.369 e. The van der Waals surface area contributed by atoms with E-state index in [0.717, 1.165) is 0 Å². The lowest BCUT2D eigenvalue weighted by Gasteiger charge is -1.89. The average molecular weight is 180 g/mol. The van der Waals surface area contributed by atoms with Crippen LogP contribution >= 0.6 is 11.8 Å². The van der Waals surface area contributed by atoms with Gasteiger partial charge in [0.2, 0.25) is 0 Å². The lowest BCUT2D eigenvalue weighted by Crippen LogP contribution is -2.28. The summed E-state index contributed by atoms with van der Waals surface area (Å²) in [5, 5.41) is 1.18. The van der Waals surface area contributed by atoms with E-state index >= 15 is 0 Å². The number of nitrogens with zero attached hydrogens (tertiary/aromatic N) is 4. The molecule has 0 atom stereocenters. The Morgan fingerprint density at radius 2 is 2.17 bits per heavy atom. The zero-order valence-electron chi connectivity index (χ0n) is 6.18. The van der Waals surface area contributed by atoms with Crippen LogP contribution in [0.4, 0.5) is 4.79 Å². The Balaban J connectivity index is 2.84. The molecule has 2 amide bonds. The van der Waals surface area contributed by atoms with Gasteiger partial charge in [0.15, 0.2) is 5.49 Å². The molecule has 0 aromatic carbocycles. The minimum atomic E-state index is -0.499. The number of rotatable bonds is 1. The number of hydrogen-bond acceptors (Lipinski definition) is 4. The number of thioether (sulfide) groups is 1. The second-order valence-corrected chi connectivity index (χ2v) is 2.86. The first kappa shape index (κ1) is 7.35. The fourth-order valence-electron chi connectivity index (χ4n) is 0.894. The SMILES string of the molecule is CSc1ncnc2c1=NC(=O)N=2. The van der Waals surface area contributed by atoms with Crippen molar-refractivity contribution in [3.8, 4) is 0 Å². The lowest BCUT2D eigenvalue weighted by atomic mass is 10.6. The van der Waals surface area contributed by atoms with Gasteiger partial charge < -0.3 is 0 Å². The first-order valence-electron chi connectivity index (χ1n) is 3.17. The monoisotopic (exact) mass is 180 g/mol. The van der Waals surface area contributed by atoms with E-state index in [0.29, 0.717) is 15.9 Å². The third-order valence-electron chi connectivity index (χ3n) is 1.37. The first-order valence-corrected chi connectivity index (χ1v) is 4.40. The summed E-state index contributed by atoms with van der Waals surface area (Å²) < 4.78 is 0. The zero-order chi connectivity index (χ0) is 8.55. The highest BCUT2D eigenvalue weighted by molar-refractivity contribution is 7.98. The normalized spacial score (nSPS) is 13.6. The minimum Gasteiger partial charge on any atom is -0.244 e. The molecule has 2 rings (SSSR count). The third-order valence-corrected chi connectivity index (χ3v) is 2.06. The van der Waals surface area contributed by atoms with E-state index in [1.165, 1.54) is 18.1 Å². The van der Waals surface area contributed by atoms with Crippen molar-refractivity contribution in [1.82, 2.24) is 9.97 Å². The number of carbonyl (C=O) groups is 1. The molecule has 0 bridgehead atoms. The van der Waals surface area contributed by atoms with Crippen molar-refractivity contribution < 1.29 is 4.79 Å². The quantitative estimate of drug-likeness (QED) is 0.434. The van der Waals surface area contributed by atoms with E-state index < -0.39 is 6.03 Å². The van der Waals surface area contributed by atoms with Crippen LogP contribution < -0.4 is 10.8 Å². The molecule has 0 saturated heterocycles. The van der Waals surface area contributed by atoms with Gasteiger partial charge in [0.25, 0.3) is 0 Å². The topological polar surface area (TPSA) is 67.6 Å². The summed E-state index contributed by atoms with van der Waals surface area (Å²) in [5.74, 6) is 0. The number of aromatic nitrogens is 2. The molecule has 0 radical (unpaired) electrons. The van der Waals surface area contributed by atoms with Gasteiger partial charge in [0.1, 0.15) is 16.7 Å². The summed E-state index contributed by atoms with van der Waals surface area (Å²) in [6, 6.07) is -0.499. The van der Waals surface area contributed by atoms with Crippen molar-refractivity contribution in [2.75, 3.05) is 6.26 Å². The molecule has 1 aliphatic rings. The number of hydrogen-bond donors (Lipinski definition) is 0. The van der Waals surface area contributed by atoms with Gasteiger partial charge in [-0.3, -0.25) is 0 Å². The van der Waals surface area contributed by atoms with Gasteiger partial charge >= 0.3 is 6.03 Å². The molecule has 0 saturated carbocycles. The number of amides is 2. The Morgan fingerprint density at radius 1 is 1.33 bits per heavy atom. The van der Waals surface area contributed by atoms with Crippen molar-refractivity contribution in [1.29, 1.82) is 0 Å². The van der Waals surface area contributed by atoms with Gasteiger partial charge in [0, 0.05) is 0 Å². The number of urea groups is 1. The largest absolute Gasteiger partial charge is 0.369 e. The summed E-state index contributed by atoms with van der Waals surface area (Å²) in [6.07, 6.45) is 3.24. The molecule has 5 nitrogen and oxygen atoms in total. The zero-order valence-corrected chi connectivity index (χ0v) is 7.00. The Bertz CT molecular complexity index is 455. The summed E-state index contributed by atoms with van der Waals surface area (Å²) in [4.78, 5) is 25.8. The van der Waals surface area contributed by atoms with E-state index in [-0.39, 0.29) is 0 Å². The van der Waals surface area contributed by atoms with Crippen LogP contribution in [0.25, 0.3) is 0 Å². The maximum atomic E-state index is 10.8. The van der Waals surface area contributed by atoms with Crippen LogP contribution in [-0.4, -0.2) is 22.3 Å². The molecule has 12 heavy (non-hydrogen) atoms. The summed E-state index contributed by atoms with van der Waals surface area (Å²) in [5.41, 5.74) is 0.374. The van der Waals surface area contributed by atoms with Crippen molar-refractivity contribution in [2.24, 2.45) is 9.98 Å². The molecule has 2 heterocycles. The molecule has 1 aromatic heterocycles. The van der Waals surface area contributed by atoms with Gasteiger partial charge in [-0.15, -0.1) is 11.8 Å². The molecule has 60 valence electrons. The highest BCUT2D eigenvalue weighted by Gasteiger charge is 2.09. The van der Waals surface area contributed by atoms with Crippen molar-refractivity contribution in [2.45, 2.75) is 5.03 Å². The van der Waals surface area contributed by atoms with Gasteiger partial charge in [-0.1, -0.05) is 0 Å². The smallest absolute Gasteiger partial charge is 0.244 e. The minimum absolute atomic E-state index is 0.374. The van der Waals surface area contributed by atoms with Crippen LogP contribution in [0, 0.1) is 0 Å². The summed E-state index contributed by atoms with van der Waals surface area (Å²) >= 11 is 1.42. The van der Waals surface area contributed by atoms with Crippen LogP contribution in [0.1, 0.15) is 0 Å². The van der Waals surface area contributed by atoms with E-state index in [9.17, 15) is 4.79 Å². The van der Waals surface area contributed by atoms with E-state index in [4.69, 9.17) is 0 Å². The van der Waals surface area contributed by atoms with Crippen LogP contribution in [0.5, 0.6) is 0 Å². The number of fused-ring (bicyclic) bond motifs is 1. The van der Waals surface area contributed by atoms with Gasteiger partial charge in [-0.2, -0.15) is 9.98 Å². The molecule has 0 N–H and O–H groups in total. The first-order chi connectivity index (χ1) is 5.81. The number of carbonyl (C=O) groups excluding carboxylic acids is 1. The highest BCUT2D eigenvalue weighted by atomic mass is 32.2. The van der Waals surface area contributed by atoms with E-state index in [2.05, 4.69) is 20.0 Å². The van der Waals surface area contributed by atoms with Crippen molar-refractivity contribution in [3.63, 3.8) is 0 Å².